The van der Waals surface area contributed by atoms with Crippen molar-refractivity contribution in [2.24, 2.45) is 0 Å². The molecule has 9 heteroatoms. The summed E-state index contributed by atoms with van der Waals surface area (Å²) in [5, 5.41) is 5.71. The van der Waals surface area contributed by atoms with Crippen molar-refractivity contribution in [1.29, 1.82) is 0 Å². The Morgan fingerprint density at radius 2 is 1.64 bits per heavy atom. The predicted octanol–water partition coefficient (Wildman–Crippen LogP) is -1.37. The van der Waals surface area contributed by atoms with E-state index >= 15 is 0 Å². The Morgan fingerprint density at radius 3 is 2.28 bits per heavy atom. The van der Waals surface area contributed by atoms with E-state index in [4.69, 9.17) is 9.47 Å². The van der Waals surface area contributed by atoms with E-state index in [1.54, 1.807) is 0 Å². The number of aldehydes is 1. The fourth-order valence-corrected chi connectivity index (χ4v) is 1.97. The highest BCUT2D eigenvalue weighted by Gasteiger charge is 2.23. The zero-order chi connectivity index (χ0) is 18.3. The van der Waals surface area contributed by atoms with Gasteiger partial charge in [0.1, 0.15) is 6.29 Å². The fraction of sp³-hybridized carbons (Fsp3) is 0.625. The maximum Gasteiger partial charge on any atom is 0.253 e. The highest BCUT2D eigenvalue weighted by atomic mass is 16.5. The van der Waals surface area contributed by atoms with Crippen molar-refractivity contribution in [3.63, 3.8) is 0 Å². The SMILES string of the molecule is O=CCCNCCOCCOCCNC(=O)CCN1C(=O)C=CC1=O. The van der Waals surface area contributed by atoms with Crippen molar-refractivity contribution in [2.45, 2.75) is 12.8 Å². The van der Waals surface area contributed by atoms with Gasteiger partial charge in [0.2, 0.25) is 5.91 Å². The van der Waals surface area contributed by atoms with Crippen molar-refractivity contribution < 1.29 is 28.7 Å². The first kappa shape index (κ1) is 20.9. The van der Waals surface area contributed by atoms with Crippen LogP contribution in [0.4, 0.5) is 0 Å². The van der Waals surface area contributed by atoms with Gasteiger partial charge in [-0.2, -0.15) is 0 Å². The van der Waals surface area contributed by atoms with E-state index in [0.29, 0.717) is 52.5 Å². The first-order valence-electron chi connectivity index (χ1n) is 8.25. The number of rotatable bonds is 15. The molecule has 0 spiro atoms. The Bertz CT molecular complexity index is 462. The minimum Gasteiger partial charge on any atom is -0.378 e. The van der Waals surface area contributed by atoms with Gasteiger partial charge in [0.25, 0.3) is 11.8 Å². The normalized spacial score (nSPS) is 13.5. The largest absolute Gasteiger partial charge is 0.378 e. The summed E-state index contributed by atoms with van der Waals surface area (Å²) in [4.78, 5) is 45.3. The van der Waals surface area contributed by atoms with Crippen molar-refractivity contribution in [3.8, 4) is 0 Å². The molecule has 0 aliphatic carbocycles. The number of imide groups is 1. The van der Waals surface area contributed by atoms with Gasteiger partial charge in [-0.15, -0.1) is 0 Å². The van der Waals surface area contributed by atoms with E-state index in [9.17, 15) is 19.2 Å². The fourth-order valence-electron chi connectivity index (χ4n) is 1.97. The van der Waals surface area contributed by atoms with Gasteiger partial charge in [-0.25, -0.2) is 0 Å². The number of ether oxygens (including phenoxy) is 2. The van der Waals surface area contributed by atoms with Gasteiger partial charge in [-0.3, -0.25) is 19.3 Å². The number of carbonyl (C=O) groups is 4. The zero-order valence-corrected chi connectivity index (χ0v) is 14.2. The molecule has 0 aromatic rings. The second-order valence-corrected chi connectivity index (χ2v) is 5.19. The Balaban J connectivity index is 1.86. The van der Waals surface area contributed by atoms with Gasteiger partial charge < -0.3 is 24.9 Å². The van der Waals surface area contributed by atoms with Crippen LogP contribution in [0.1, 0.15) is 12.8 Å². The number of nitrogens with one attached hydrogen (secondary N) is 2. The molecule has 1 heterocycles. The van der Waals surface area contributed by atoms with Crippen LogP contribution in [0.2, 0.25) is 0 Å². The molecular weight excluding hydrogens is 330 g/mol. The molecule has 1 aliphatic heterocycles. The summed E-state index contributed by atoms with van der Waals surface area (Å²) in [6, 6.07) is 0. The molecule has 0 fully saturated rings. The molecule has 0 aromatic carbocycles. The van der Waals surface area contributed by atoms with Crippen molar-refractivity contribution in [2.75, 3.05) is 52.6 Å². The zero-order valence-electron chi connectivity index (χ0n) is 14.2. The summed E-state index contributed by atoms with van der Waals surface area (Å²) in [5.41, 5.74) is 0. The topological polar surface area (TPSA) is 114 Å². The van der Waals surface area contributed by atoms with E-state index in [1.807, 2.05) is 0 Å². The summed E-state index contributed by atoms with van der Waals surface area (Å²) in [7, 11) is 0. The van der Waals surface area contributed by atoms with Crippen molar-refractivity contribution in [3.05, 3.63) is 12.2 Å². The maximum atomic E-state index is 11.6. The van der Waals surface area contributed by atoms with Gasteiger partial charge in [-0.05, 0) is 0 Å². The van der Waals surface area contributed by atoms with Gasteiger partial charge >= 0.3 is 0 Å². The number of carbonyl (C=O) groups excluding carboxylic acids is 4. The third kappa shape index (κ3) is 9.70. The summed E-state index contributed by atoms with van der Waals surface area (Å²) >= 11 is 0. The summed E-state index contributed by atoms with van der Waals surface area (Å²) < 4.78 is 10.6. The second kappa shape index (κ2) is 13.2. The molecule has 1 aliphatic rings. The van der Waals surface area contributed by atoms with Crippen LogP contribution in [-0.4, -0.2) is 81.5 Å². The molecule has 25 heavy (non-hydrogen) atoms. The van der Waals surface area contributed by atoms with E-state index in [2.05, 4.69) is 10.6 Å². The van der Waals surface area contributed by atoms with Crippen LogP contribution in [0.15, 0.2) is 12.2 Å². The van der Waals surface area contributed by atoms with Crippen LogP contribution < -0.4 is 10.6 Å². The van der Waals surface area contributed by atoms with E-state index in [1.165, 1.54) is 12.2 Å². The molecule has 0 saturated heterocycles. The highest BCUT2D eigenvalue weighted by Crippen LogP contribution is 2.03. The molecule has 2 N–H and O–H groups in total. The molecule has 0 unspecified atom stereocenters. The summed E-state index contributed by atoms with van der Waals surface area (Å²) in [5.74, 6) is -1.02. The number of hydrogen-bond acceptors (Lipinski definition) is 7. The lowest BCUT2D eigenvalue weighted by atomic mass is 10.3. The molecule has 0 bridgehead atoms. The minimum atomic E-state index is -0.389. The van der Waals surface area contributed by atoms with Gasteiger partial charge in [0, 0.05) is 51.2 Å². The molecule has 0 radical (unpaired) electrons. The first-order valence-corrected chi connectivity index (χ1v) is 8.25. The lowest BCUT2D eigenvalue weighted by Gasteiger charge is -2.13. The van der Waals surface area contributed by atoms with Gasteiger partial charge in [0.05, 0.1) is 26.4 Å². The van der Waals surface area contributed by atoms with Crippen LogP contribution in [0.3, 0.4) is 0 Å². The number of hydrogen-bond donors (Lipinski definition) is 2. The van der Waals surface area contributed by atoms with Crippen molar-refractivity contribution in [1.82, 2.24) is 15.5 Å². The van der Waals surface area contributed by atoms with E-state index < -0.39 is 0 Å². The summed E-state index contributed by atoms with van der Waals surface area (Å²) in [6.45, 7) is 3.54. The Labute approximate surface area is 146 Å². The molecule has 1 rings (SSSR count). The Morgan fingerprint density at radius 1 is 1.00 bits per heavy atom. The van der Waals surface area contributed by atoms with Gasteiger partial charge in [0.15, 0.2) is 0 Å². The average molecular weight is 355 g/mol. The third-order valence-electron chi connectivity index (χ3n) is 3.27. The molecule has 0 atom stereocenters. The molecular formula is C16H25N3O6. The Hall–Kier alpha value is -2.10. The lowest BCUT2D eigenvalue weighted by Crippen LogP contribution is -2.35. The lowest BCUT2D eigenvalue weighted by molar-refractivity contribution is -0.137. The second-order valence-electron chi connectivity index (χ2n) is 5.19. The Kier molecular flexibility index (Phi) is 11.1. The molecule has 140 valence electrons. The molecule has 0 saturated carbocycles. The van der Waals surface area contributed by atoms with E-state index in [-0.39, 0.29) is 30.7 Å². The third-order valence-corrected chi connectivity index (χ3v) is 3.27. The van der Waals surface area contributed by atoms with Crippen LogP contribution >= 0.6 is 0 Å². The quantitative estimate of drug-likeness (QED) is 0.212. The van der Waals surface area contributed by atoms with Crippen LogP contribution in [-0.2, 0) is 28.7 Å². The van der Waals surface area contributed by atoms with Crippen LogP contribution in [0.25, 0.3) is 0 Å². The average Bonchev–Trinajstić information content (AvgIpc) is 2.92. The highest BCUT2D eigenvalue weighted by molar-refractivity contribution is 6.13. The standard InChI is InChI=1S/C16H25N3O6/c20-9-1-5-17-6-10-24-12-13-25-11-7-18-14(21)4-8-19-15(22)2-3-16(19)23/h2-3,9,17H,1,4-8,10-13H2,(H,18,21). The van der Waals surface area contributed by atoms with Crippen LogP contribution in [0.5, 0.6) is 0 Å². The summed E-state index contributed by atoms with van der Waals surface area (Å²) in [6.07, 6.45) is 3.81. The van der Waals surface area contributed by atoms with Crippen molar-refractivity contribution >= 4 is 24.0 Å². The molecule has 3 amide bonds. The monoisotopic (exact) mass is 355 g/mol. The first-order chi connectivity index (χ1) is 12.1. The van der Waals surface area contributed by atoms with E-state index in [0.717, 1.165) is 11.2 Å². The van der Waals surface area contributed by atoms with Crippen LogP contribution in [0, 0.1) is 0 Å². The predicted molar refractivity (Wildman–Crippen MR) is 88.7 cm³/mol. The number of amides is 3. The maximum absolute atomic E-state index is 11.6. The number of nitrogens with zero attached hydrogens (tertiary/aromatic N) is 1. The van der Waals surface area contributed by atoms with Gasteiger partial charge in [-0.1, -0.05) is 0 Å². The molecule has 9 nitrogen and oxygen atoms in total. The molecule has 0 aromatic heterocycles. The minimum absolute atomic E-state index is 0.0688. The smallest absolute Gasteiger partial charge is 0.253 e.